The zero-order chi connectivity index (χ0) is 35.8. The first-order valence-electron chi connectivity index (χ1n) is 18.2. The second-order valence-corrected chi connectivity index (χ2v) is 14.5. The molecule has 0 fully saturated rings. The van der Waals surface area contributed by atoms with Crippen LogP contribution in [0.25, 0.3) is 54.3 Å². The molecule has 0 saturated heterocycles. The Morgan fingerprint density at radius 1 is 0.333 bits per heavy atom. The number of para-hydroxylation sites is 4. The standard InChI is InChI=1S/C50H34N2OS/c1-5-13-37(14-6-1)51(38-15-7-2-8-16-38)41-25-29-44-43-27-23-35(31-47(43)53-48(44)33-41)21-22-36-24-28-45-46-30-26-42(34-50(46)54-49(45)32-36)52(39-17-9-3-10-18-39)40-19-11-4-12-20-40/h1-34H/b22-21+. The van der Waals surface area contributed by atoms with Gasteiger partial charge in [-0.2, -0.15) is 0 Å². The van der Waals surface area contributed by atoms with E-state index in [9.17, 15) is 0 Å². The number of rotatable bonds is 8. The molecule has 0 aliphatic rings. The Morgan fingerprint density at radius 3 is 1.24 bits per heavy atom. The number of hydrogen-bond donors (Lipinski definition) is 0. The molecule has 256 valence electrons. The molecule has 8 aromatic carbocycles. The van der Waals surface area contributed by atoms with E-state index in [1.165, 1.54) is 25.7 Å². The van der Waals surface area contributed by atoms with Gasteiger partial charge in [0.25, 0.3) is 0 Å². The minimum atomic E-state index is 0.870. The van der Waals surface area contributed by atoms with Crippen molar-refractivity contribution < 1.29 is 4.42 Å². The predicted octanol–water partition coefficient (Wildman–Crippen LogP) is 15.1. The summed E-state index contributed by atoms with van der Waals surface area (Å²) in [5.74, 6) is 0. The highest BCUT2D eigenvalue weighted by molar-refractivity contribution is 7.25. The average molecular weight is 711 g/mol. The first-order chi connectivity index (χ1) is 26.7. The molecular formula is C50H34N2OS. The van der Waals surface area contributed by atoms with E-state index in [0.717, 1.165) is 61.6 Å². The van der Waals surface area contributed by atoms with E-state index < -0.39 is 0 Å². The van der Waals surface area contributed by atoms with Crippen molar-refractivity contribution in [2.75, 3.05) is 9.80 Å². The second kappa shape index (κ2) is 13.6. The van der Waals surface area contributed by atoms with Crippen LogP contribution in [-0.2, 0) is 0 Å². The lowest BCUT2D eigenvalue weighted by molar-refractivity contribution is 0.669. The summed E-state index contributed by atoms with van der Waals surface area (Å²) in [5, 5.41) is 4.79. The van der Waals surface area contributed by atoms with Crippen LogP contribution in [0.15, 0.2) is 199 Å². The third kappa shape index (κ3) is 5.89. The monoisotopic (exact) mass is 710 g/mol. The van der Waals surface area contributed by atoms with Crippen molar-refractivity contribution in [1.29, 1.82) is 0 Å². The molecule has 0 unspecified atom stereocenters. The van der Waals surface area contributed by atoms with Gasteiger partial charge in [0, 0.05) is 71.1 Å². The van der Waals surface area contributed by atoms with Crippen molar-refractivity contribution in [2.45, 2.75) is 0 Å². The molecule has 54 heavy (non-hydrogen) atoms. The Morgan fingerprint density at radius 2 is 0.722 bits per heavy atom. The van der Waals surface area contributed by atoms with Gasteiger partial charge >= 0.3 is 0 Å². The van der Waals surface area contributed by atoms with E-state index in [0.29, 0.717) is 0 Å². The van der Waals surface area contributed by atoms with Crippen LogP contribution in [0, 0.1) is 0 Å². The molecule has 0 N–H and O–H groups in total. The van der Waals surface area contributed by atoms with Gasteiger partial charge < -0.3 is 14.2 Å². The summed E-state index contributed by atoms with van der Waals surface area (Å²) in [7, 11) is 0. The first kappa shape index (κ1) is 31.8. The van der Waals surface area contributed by atoms with Crippen LogP contribution in [0.1, 0.15) is 11.1 Å². The number of nitrogens with zero attached hydrogens (tertiary/aromatic N) is 2. The summed E-state index contributed by atoms with van der Waals surface area (Å²) in [6.45, 7) is 0. The summed E-state index contributed by atoms with van der Waals surface area (Å²) in [5.41, 5.74) is 10.7. The molecule has 0 aliphatic carbocycles. The maximum atomic E-state index is 6.52. The molecule has 0 saturated carbocycles. The largest absolute Gasteiger partial charge is 0.456 e. The molecule has 0 bridgehead atoms. The van der Waals surface area contributed by atoms with Gasteiger partial charge in [-0.1, -0.05) is 109 Å². The predicted molar refractivity (Wildman–Crippen MR) is 231 cm³/mol. The molecule has 0 radical (unpaired) electrons. The van der Waals surface area contributed by atoms with E-state index in [-0.39, 0.29) is 0 Å². The smallest absolute Gasteiger partial charge is 0.137 e. The number of benzene rings is 8. The lowest BCUT2D eigenvalue weighted by Crippen LogP contribution is -2.09. The fourth-order valence-electron chi connectivity index (χ4n) is 7.45. The van der Waals surface area contributed by atoms with Gasteiger partial charge in [-0.05, 0) is 102 Å². The Hall–Kier alpha value is -6.88. The highest BCUT2D eigenvalue weighted by Crippen LogP contribution is 2.42. The molecule has 4 heteroatoms. The van der Waals surface area contributed by atoms with E-state index in [1.54, 1.807) is 0 Å². The maximum absolute atomic E-state index is 6.52. The zero-order valence-corrected chi connectivity index (χ0v) is 30.2. The van der Waals surface area contributed by atoms with Crippen molar-refractivity contribution in [3.05, 3.63) is 205 Å². The minimum Gasteiger partial charge on any atom is -0.456 e. The summed E-state index contributed by atoms with van der Waals surface area (Å²) < 4.78 is 9.07. The summed E-state index contributed by atoms with van der Waals surface area (Å²) in [4.78, 5) is 4.58. The molecule has 0 spiro atoms. The fraction of sp³-hybridized carbons (Fsp3) is 0. The van der Waals surface area contributed by atoms with Crippen LogP contribution in [-0.4, -0.2) is 0 Å². The summed E-state index contributed by atoms with van der Waals surface area (Å²) in [6.07, 6.45) is 4.37. The minimum absolute atomic E-state index is 0.870. The Bertz CT molecular complexity index is 2650. The van der Waals surface area contributed by atoms with Crippen molar-refractivity contribution in [2.24, 2.45) is 0 Å². The van der Waals surface area contributed by atoms with Gasteiger partial charge in [0.15, 0.2) is 0 Å². The Kier molecular flexibility index (Phi) is 8.01. The third-order valence-corrected chi connectivity index (χ3v) is 11.1. The first-order valence-corrected chi connectivity index (χ1v) is 19.0. The number of furan rings is 1. The molecule has 0 atom stereocenters. The third-order valence-electron chi connectivity index (χ3n) is 10.0. The topological polar surface area (TPSA) is 19.6 Å². The van der Waals surface area contributed by atoms with Crippen molar-refractivity contribution >= 4 is 99.7 Å². The van der Waals surface area contributed by atoms with Crippen molar-refractivity contribution in [3.63, 3.8) is 0 Å². The van der Waals surface area contributed by atoms with E-state index >= 15 is 0 Å². The molecule has 3 nitrogen and oxygen atoms in total. The molecule has 10 rings (SSSR count). The highest BCUT2D eigenvalue weighted by atomic mass is 32.1. The Labute approximate surface area is 317 Å². The summed E-state index contributed by atoms with van der Waals surface area (Å²) in [6, 6.07) is 68.7. The van der Waals surface area contributed by atoms with Gasteiger partial charge in [0.05, 0.1) is 0 Å². The van der Waals surface area contributed by atoms with Crippen LogP contribution in [0.5, 0.6) is 0 Å². The highest BCUT2D eigenvalue weighted by Gasteiger charge is 2.16. The Balaban J connectivity index is 0.951. The van der Waals surface area contributed by atoms with E-state index in [1.807, 2.05) is 23.5 Å². The number of fused-ring (bicyclic) bond motifs is 6. The molecule has 0 amide bonds. The zero-order valence-electron chi connectivity index (χ0n) is 29.3. The second-order valence-electron chi connectivity index (χ2n) is 13.4. The van der Waals surface area contributed by atoms with Gasteiger partial charge in [-0.3, -0.25) is 0 Å². The summed E-state index contributed by atoms with van der Waals surface area (Å²) >= 11 is 1.84. The maximum Gasteiger partial charge on any atom is 0.137 e. The van der Waals surface area contributed by atoms with Crippen LogP contribution < -0.4 is 9.80 Å². The quantitative estimate of drug-likeness (QED) is 0.146. The normalized spacial score (nSPS) is 11.6. The molecule has 2 heterocycles. The number of hydrogen-bond acceptors (Lipinski definition) is 4. The van der Waals surface area contributed by atoms with Crippen molar-refractivity contribution in [1.82, 2.24) is 0 Å². The molecule has 0 aliphatic heterocycles. The van der Waals surface area contributed by atoms with E-state index in [4.69, 9.17) is 4.42 Å². The van der Waals surface area contributed by atoms with Crippen LogP contribution in [0.3, 0.4) is 0 Å². The van der Waals surface area contributed by atoms with Gasteiger partial charge in [0.2, 0.25) is 0 Å². The SMILES string of the molecule is C(=C\c1ccc2c(c1)sc1cc(N(c3ccccc3)c3ccccc3)ccc12)/c1ccc2c(c1)oc1cc(N(c3ccccc3)c3ccccc3)ccc12. The molecule has 2 aromatic heterocycles. The van der Waals surface area contributed by atoms with Crippen LogP contribution in [0.2, 0.25) is 0 Å². The van der Waals surface area contributed by atoms with Gasteiger partial charge in [-0.15, -0.1) is 11.3 Å². The van der Waals surface area contributed by atoms with Crippen LogP contribution >= 0.6 is 11.3 Å². The van der Waals surface area contributed by atoms with Gasteiger partial charge in [-0.25, -0.2) is 0 Å². The van der Waals surface area contributed by atoms with E-state index in [2.05, 4.69) is 204 Å². The number of anilines is 6. The number of thiophene rings is 1. The molecular weight excluding hydrogens is 677 g/mol. The van der Waals surface area contributed by atoms with Crippen molar-refractivity contribution in [3.8, 4) is 0 Å². The fourth-order valence-corrected chi connectivity index (χ4v) is 8.63. The average Bonchev–Trinajstić information content (AvgIpc) is 3.78. The lowest BCUT2D eigenvalue weighted by atomic mass is 10.1. The van der Waals surface area contributed by atoms with Gasteiger partial charge in [0.1, 0.15) is 11.2 Å². The lowest BCUT2D eigenvalue weighted by Gasteiger charge is -2.25. The van der Waals surface area contributed by atoms with Crippen LogP contribution in [0.4, 0.5) is 34.1 Å². The molecule has 10 aromatic rings.